The number of hydrogen-bond acceptors (Lipinski definition) is 8. The number of nitrogens with zero attached hydrogens (tertiary/aromatic N) is 4. The van der Waals surface area contributed by atoms with Gasteiger partial charge in [-0.2, -0.15) is 18.3 Å². The molecule has 0 radical (unpaired) electrons. The lowest BCUT2D eigenvalue weighted by Gasteiger charge is -2.38. The van der Waals surface area contributed by atoms with E-state index in [2.05, 4.69) is 39.5 Å². The molecule has 2 atom stereocenters. The van der Waals surface area contributed by atoms with E-state index in [-0.39, 0.29) is 29.8 Å². The number of carbonyl (C=O) groups excluding carboxylic acids is 1. The lowest BCUT2D eigenvalue weighted by Crippen LogP contribution is -2.45. The van der Waals surface area contributed by atoms with E-state index in [4.69, 9.17) is 19.3 Å². The van der Waals surface area contributed by atoms with E-state index in [1.807, 2.05) is 6.07 Å². The number of hydrogen-bond donors (Lipinski definition) is 3. The van der Waals surface area contributed by atoms with Gasteiger partial charge in [0.1, 0.15) is 12.1 Å². The van der Waals surface area contributed by atoms with E-state index < -0.39 is 30.4 Å². The Morgan fingerprint density at radius 3 is 2.57 bits per heavy atom. The molecule has 1 fully saturated rings. The monoisotopic (exact) mass is 690 g/mol. The Morgan fingerprint density at radius 1 is 1.12 bits per heavy atom. The molecule has 0 aliphatic carbocycles. The van der Waals surface area contributed by atoms with Gasteiger partial charge in [0.15, 0.2) is 0 Å². The summed E-state index contributed by atoms with van der Waals surface area (Å²) in [6, 6.07) is 7.00. The second-order valence-corrected chi connectivity index (χ2v) is 13.0. The maximum atomic E-state index is 13.7. The van der Waals surface area contributed by atoms with Gasteiger partial charge in [0.05, 0.1) is 55.9 Å². The predicted octanol–water partition coefficient (Wildman–Crippen LogP) is 4.83. The molecule has 0 bridgehead atoms. The second kappa shape index (κ2) is 16.9. The summed E-state index contributed by atoms with van der Waals surface area (Å²) in [6.07, 6.45) is -0.742. The summed E-state index contributed by atoms with van der Waals surface area (Å²) >= 11 is 0. The number of nitrogens with one attached hydrogen (secondary N) is 2. The first-order valence-electron chi connectivity index (χ1n) is 16.2. The van der Waals surface area contributed by atoms with Gasteiger partial charge in [0.2, 0.25) is 0 Å². The molecule has 15 heteroatoms. The number of carbonyl (C=O) groups is 2. The summed E-state index contributed by atoms with van der Waals surface area (Å²) in [5.74, 6) is 4.77. The number of piperidine rings is 1. The minimum atomic E-state index is -4.46. The Morgan fingerprint density at radius 2 is 1.88 bits per heavy atom. The molecule has 2 unspecified atom stereocenters. The molecular formula is C34H45F3N6O6. The van der Waals surface area contributed by atoms with Gasteiger partial charge in [-0.05, 0) is 77.2 Å². The molecule has 0 spiro atoms. The number of carboxylic acid groups (broad SMARTS) is 1. The number of alkyl halides is 3. The predicted molar refractivity (Wildman–Crippen MR) is 178 cm³/mol. The Labute approximate surface area is 283 Å². The SMILES string of the molecule is CN1CCC(Nc2cccc3c2cc(C#CCNC(=O)OC(C)(C)C)n3CC(F)(F)F)C(CCOCCOCCn2cc(C(=O)O)cn2)C1. The number of carboxylic acids is 1. The average molecular weight is 691 g/mol. The minimum absolute atomic E-state index is 0.0740. The number of benzene rings is 1. The number of ether oxygens (including phenoxy) is 3. The van der Waals surface area contributed by atoms with Crippen molar-refractivity contribution in [2.24, 2.45) is 5.92 Å². The van der Waals surface area contributed by atoms with Crippen molar-refractivity contribution < 1.29 is 42.1 Å². The van der Waals surface area contributed by atoms with Crippen molar-refractivity contribution in [3.05, 3.63) is 47.9 Å². The third-order valence-corrected chi connectivity index (χ3v) is 7.85. The molecule has 1 amide bonds. The van der Waals surface area contributed by atoms with Crippen LogP contribution in [0.15, 0.2) is 36.7 Å². The molecule has 3 N–H and O–H groups in total. The highest BCUT2D eigenvalue weighted by atomic mass is 19.4. The molecule has 3 heterocycles. The van der Waals surface area contributed by atoms with Crippen molar-refractivity contribution in [3.63, 3.8) is 0 Å². The van der Waals surface area contributed by atoms with Crippen LogP contribution in [0.3, 0.4) is 0 Å². The van der Waals surface area contributed by atoms with Crippen molar-refractivity contribution in [2.45, 2.75) is 64.5 Å². The van der Waals surface area contributed by atoms with Crippen molar-refractivity contribution >= 4 is 28.7 Å². The molecule has 0 saturated carbocycles. The summed E-state index contributed by atoms with van der Waals surface area (Å²) in [7, 11) is 2.07. The Kier molecular flexibility index (Phi) is 13.0. The van der Waals surface area contributed by atoms with Gasteiger partial charge < -0.3 is 39.4 Å². The molecule has 3 aromatic rings. The van der Waals surface area contributed by atoms with Gasteiger partial charge in [-0.15, -0.1) is 0 Å². The largest absolute Gasteiger partial charge is 0.478 e. The molecule has 1 aromatic carbocycles. The third kappa shape index (κ3) is 12.0. The van der Waals surface area contributed by atoms with Crippen LogP contribution in [0.4, 0.5) is 23.7 Å². The molecule has 1 aliphatic rings. The third-order valence-electron chi connectivity index (χ3n) is 7.85. The van der Waals surface area contributed by atoms with Crippen LogP contribution in [-0.4, -0.2) is 107 Å². The van der Waals surface area contributed by atoms with E-state index in [1.54, 1.807) is 39.0 Å². The number of rotatable bonds is 14. The van der Waals surface area contributed by atoms with Crippen LogP contribution in [0.5, 0.6) is 0 Å². The van der Waals surface area contributed by atoms with Crippen molar-refractivity contribution in [1.29, 1.82) is 0 Å². The van der Waals surface area contributed by atoms with Gasteiger partial charge in [-0.3, -0.25) is 4.68 Å². The van der Waals surface area contributed by atoms with Crippen LogP contribution in [0, 0.1) is 17.8 Å². The molecule has 268 valence electrons. The first-order valence-corrected chi connectivity index (χ1v) is 16.2. The number of fused-ring (bicyclic) bond motifs is 1. The number of aromatic nitrogens is 3. The molecule has 1 saturated heterocycles. The highest BCUT2D eigenvalue weighted by Gasteiger charge is 2.31. The van der Waals surface area contributed by atoms with Crippen molar-refractivity contribution in [2.75, 3.05) is 58.4 Å². The number of amides is 1. The van der Waals surface area contributed by atoms with Gasteiger partial charge in [-0.25, -0.2) is 9.59 Å². The molecule has 4 rings (SSSR count). The summed E-state index contributed by atoms with van der Waals surface area (Å²) in [5, 5.41) is 19.7. The molecule has 49 heavy (non-hydrogen) atoms. The Balaban J connectivity index is 1.35. The first kappa shape index (κ1) is 37.6. The highest BCUT2D eigenvalue weighted by molar-refractivity contribution is 5.94. The minimum Gasteiger partial charge on any atom is -0.478 e. The average Bonchev–Trinajstić information content (AvgIpc) is 3.62. The van der Waals surface area contributed by atoms with Crippen LogP contribution >= 0.6 is 0 Å². The maximum Gasteiger partial charge on any atom is 0.408 e. The lowest BCUT2D eigenvalue weighted by atomic mass is 9.89. The summed E-state index contributed by atoms with van der Waals surface area (Å²) < 4.78 is 60.3. The molecule has 12 nitrogen and oxygen atoms in total. The molecule has 2 aromatic heterocycles. The fraction of sp³-hybridized carbons (Fsp3) is 0.559. The normalized spacial score (nSPS) is 17.0. The first-order chi connectivity index (χ1) is 23.2. The second-order valence-electron chi connectivity index (χ2n) is 13.0. The molecular weight excluding hydrogens is 645 g/mol. The van der Waals surface area contributed by atoms with Crippen LogP contribution in [0.1, 0.15) is 49.7 Å². The molecule has 1 aliphatic heterocycles. The van der Waals surface area contributed by atoms with Crippen LogP contribution in [-0.2, 0) is 27.3 Å². The summed E-state index contributed by atoms with van der Waals surface area (Å²) in [5.41, 5.74) is 0.777. The fourth-order valence-electron chi connectivity index (χ4n) is 5.64. The van der Waals surface area contributed by atoms with E-state index in [0.717, 1.165) is 36.2 Å². The Bertz CT molecular complexity index is 1620. The number of alkyl carbamates (subject to hydrolysis) is 1. The topological polar surface area (TPSA) is 132 Å². The zero-order valence-electron chi connectivity index (χ0n) is 28.3. The highest BCUT2D eigenvalue weighted by Crippen LogP contribution is 2.32. The zero-order valence-corrected chi connectivity index (χ0v) is 28.3. The fourth-order valence-corrected chi connectivity index (χ4v) is 5.64. The van der Waals surface area contributed by atoms with Crippen molar-refractivity contribution in [3.8, 4) is 11.8 Å². The summed E-state index contributed by atoms with van der Waals surface area (Å²) in [4.78, 5) is 25.2. The zero-order chi connectivity index (χ0) is 35.6. The smallest absolute Gasteiger partial charge is 0.408 e. The van der Waals surface area contributed by atoms with E-state index in [0.29, 0.717) is 43.9 Å². The standard InChI is InChI=1S/C34H45F3N6O6/c1-33(2,3)49-32(46)38-12-6-7-26-19-27-29(8-5-9-30(27)43(26)23-34(35,36)37)40-28-10-13-41(4)21-24(28)11-15-47-17-18-48-16-14-42-22-25(20-39-42)31(44)45/h5,8-9,19-20,22,24,28,40H,10-18,21,23H2,1-4H3,(H,38,46)(H,44,45). The van der Waals surface area contributed by atoms with Gasteiger partial charge in [-0.1, -0.05) is 12.0 Å². The van der Waals surface area contributed by atoms with Crippen molar-refractivity contribution in [1.82, 2.24) is 24.6 Å². The van der Waals surface area contributed by atoms with Gasteiger partial charge in [0, 0.05) is 36.5 Å². The van der Waals surface area contributed by atoms with Crippen LogP contribution in [0.25, 0.3) is 10.9 Å². The van der Waals surface area contributed by atoms with E-state index in [1.165, 1.54) is 17.1 Å². The quantitative estimate of drug-likeness (QED) is 0.161. The lowest BCUT2D eigenvalue weighted by molar-refractivity contribution is -0.140. The van der Waals surface area contributed by atoms with Crippen LogP contribution in [0.2, 0.25) is 0 Å². The number of anilines is 1. The maximum absolute atomic E-state index is 13.7. The van der Waals surface area contributed by atoms with E-state index in [9.17, 15) is 22.8 Å². The summed E-state index contributed by atoms with van der Waals surface area (Å²) in [6.45, 7) is 7.74. The number of likely N-dealkylation sites (tertiary alicyclic amines) is 1. The van der Waals surface area contributed by atoms with Crippen LogP contribution < -0.4 is 10.6 Å². The van der Waals surface area contributed by atoms with E-state index >= 15 is 0 Å². The van der Waals surface area contributed by atoms with Gasteiger partial charge in [0.25, 0.3) is 0 Å². The number of aromatic carboxylic acids is 1. The van der Waals surface area contributed by atoms with Gasteiger partial charge >= 0.3 is 18.2 Å². The Hall–Kier alpha value is -4.26. The number of halogens is 3.